The summed E-state index contributed by atoms with van der Waals surface area (Å²) < 4.78 is -1.15. The highest BCUT2D eigenvalue weighted by Crippen LogP contribution is 3.18. The van der Waals surface area contributed by atoms with Crippen molar-refractivity contribution in [3.63, 3.8) is 0 Å². The Kier molecular flexibility index (Phi) is 6.77. The maximum atomic E-state index is 4.57. The quantitative estimate of drug-likeness (QED) is 0.280. The van der Waals surface area contributed by atoms with Crippen LogP contribution in [0, 0.1) is 13.8 Å². The fourth-order valence-corrected chi connectivity index (χ4v) is 58.0. The highest BCUT2D eigenvalue weighted by molar-refractivity contribution is 9.70. The van der Waals surface area contributed by atoms with E-state index in [4.69, 9.17) is 0 Å². The van der Waals surface area contributed by atoms with E-state index in [-0.39, 0.29) is 5.53 Å². The van der Waals surface area contributed by atoms with Gasteiger partial charge in [0.1, 0.15) is 4.07 Å². The van der Waals surface area contributed by atoms with Crippen LogP contribution in [0.25, 0.3) is 0 Å². The predicted molar refractivity (Wildman–Crippen MR) is 120 cm³/mol. The molecular formula is C14H15P2S6. The molecule has 0 amide bonds. The maximum Gasteiger partial charge on any atom is 0.106 e. The van der Waals surface area contributed by atoms with Gasteiger partial charge in [-0.15, -0.1) is 11.7 Å². The van der Waals surface area contributed by atoms with Crippen LogP contribution in [0.5, 0.6) is 0 Å². The lowest BCUT2D eigenvalue weighted by Crippen LogP contribution is -1.79. The van der Waals surface area contributed by atoms with Crippen LogP contribution in [0.3, 0.4) is 0 Å². The van der Waals surface area contributed by atoms with Crippen molar-refractivity contribution in [3.8, 4) is 0 Å². The van der Waals surface area contributed by atoms with Crippen LogP contribution in [0.1, 0.15) is 11.1 Å². The first-order valence-corrected chi connectivity index (χ1v) is 19.0. The molecule has 0 spiro atoms. The lowest BCUT2D eigenvalue weighted by molar-refractivity contribution is 1.38. The number of rotatable bonds is 5. The summed E-state index contributed by atoms with van der Waals surface area (Å²) in [7, 11) is 1.77. The van der Waals surface area contributed by atoms with Crippen LogP contribution >= 0.6 is 76.4 Å². The predicted octanol–water partition coefficient (Wildman–Crippen LogP) is 9.15. The molecular weight excluding hydrogens is 423 g/mol. The van der Waals surface area contributed by atoms with Crippen molar-refractivity contribution >= 4 is 76.4 Å². The van der Waals surface area contributed by atoms with Gasteiger partial charge in [0, 0.05) is 9.79 Å². The summed E-state index contributed by atoms with van der Waals surface area (Å²) in [6, 6.07) is 17.7. The fraction of sp³-hybridized carbons (Fsp3) is 0.143. The van der Waals surface area contributed by atoms with Gasteiger partial charge in [0.2, 0.25) is 0 Å². The molecule has 1 aliphatic rings. The average Bonchev–Trinajstić information content (AvgIpc) is 2.49. The maximum absolute atomic E-state index is 4.57. The summed E-state index contributed by atoms with van der Waals surface area (Å²) in [5, 5.41) is 0. The molecule has 0 saturated carbocycles. The Bertz CT molecular complexity index is 625. The van der Waals surface area contributed by atoms with Crippen LogP contribution in [-0.2, 0) is 0 Å². The SMILES string of the molecule is Cc1ccc(SP2S[P](SS)(Sc3ccc(C)cc3)S2)cc1. The molecule has 0 nitrogen and oxygen atoms in total. The molecule has 1 saturated heterocycles. The van der Waals surface area contributed by atoms with Gasteiger partial charge in [-0.3, -0.25) is 0 Å². The molecule has 1 fully saturated rings. The molecule has 0 unspecified atom stereocenters. The number of benzene rings is 2. The summed E-state index contributed by atoms with van der Waals surface area (Å²) >= 11 is 13.0. The number of thiol groups is 1. The summed E-state index contributed by atoms with van der Waals surface area (Å²) in [4.78, 5) is 2.76. The Morgan fingerprint density at radius 1 is 0.864 bits per heavy atom. The Balaban J connectivity index is 1.58. The standard InChI is InChI=1S/C14H15P2S6/c1-11-3-7-13(8-4-11)18-15-20-16(21-15,22-17)19-14-9-5-12(2)6-10-14/h3-10,17H,1-2H3. The van der Waals surface area contributed by atoms with E-state index in [0.717, 1.165) is 0 Å². The van der Waals surface area contributed by atoms with Crippen molar-refractivity contribution in [1.29, 1.82) is 0 Å². The van der Waals surface area contributed by atoms with E-state index in [0.29, 0.717) is 0 Å². The topological polar surface area (TPSA) is 0 Å². The molecule has 1 heterocycles. The number of aryl methyl sites for hydroxylation is 2. The first-order chi connectivity index (χ1) is 10.6. The zero-order valence-electron chi connectivity index (χ0n) is 12.0. The van der Waals surface area contributed by atoms with Gasteiger partial charge in [-0.05, 0) is 48.5 Å². The van der Waals surface area contributed by atoms with Crippen molar-refractivity contribution in [3.05, 3.63) is 59.7 Å². The zero-order valence-corrected chi connectivity index (χ0v) is 18.8. The molecule has 0 aromatic heterocycles. The molecule has 3 rings (SSSR count). The highest BCUT2D eigenvalue weighted by atomic mass is 34.0. The van der Waals surface area contributed by atoms with Gasteiger partial charge in [-0.25, -0.2) is 0 Å². The van der Waals surface area contributed by atoms with Gasteiger partial charge in [-0.1, -0.05) is 80.2 Å². The molecule has 0 bridgehead atoms. The highest BCUT2D eigenvalue weighted by Gasteiger charge is 2.47. The van der Waals surface area contributed by atoms with Crippen molar-refractivity contribution in [2.24, 2.45) is 0 Å². The summed E-state index contributed by atoms with van der Waals surface area (Å²) in [6.07, 6.45) is 0. The molecule has 1 aliphatic heterocycles. The Hall–Kier alpha value is 1.40. The summed E-state index contributed by atoms with van der Waals surface area (Å²) in [5.74, 6) is 0. The first-order valence-electron chi connectivity index (χ1n) is 6.51. The van der Waals surface area contributed by atoms with E-state index in [1.807, 2.05) is 22.8 Å². The van der Waals surface area contributed by atoms with Gasteiger partial charge in [0.25, 0.3) is 0 Å². The van der Waals surface area contributed by atoms with Gasteiger partial charge in [0.15, 0.2) is 0 Å². The lowest BCUT2D eigenvalue weighted by Gasteiger charge is -2.43. The molecule has 117 valence electrons. The van der Waals surface area contributed by atoms with E-state index in [2.05, 4.69) is 96.0 Å². The lowest BCUT2D eigenvalue weighted by atomic mass is 10.2. The van der Waals surface area contributed by atoms with Crippen molar-refractivity contribution in [2.75, 3.05) is 0 Å². The third-order valence-electron chi connectivity index (χ3n) is 2.87. The van der Waals surface area contributed by atoms with Gasteiger partial charge in [0.05, 0.1) is 5.53 Å². The molecule has 0 N–H and O–H groups in total. The molecule has 1 radical (unpaired) electrons. The largest absolute Gasteiger partial charge is 0.106 e. The van der Waals surface area contributed by atoms with E-state index in [1.165, 1.54) is 20.9 Å². The normalized spacial score (nSPS) is 24.0. The van der Waals surface area contributed by atoms with E-state index in [1.54, 1.807) is 10.4 Å². The van der Waals surface area contributed by atoms with Crippen LogP contribution < -0.4 is 0 Å². The minimum absolute atomic E-state index is 0.0710. The minimum Gasteiger partial charge on any atom is -0.105 e. The third-order valence-corrected chi connectivity index (χ3v) is 44.6. The second-order valence-corrected chi connectivity index (χ2v) is 30.9. The summed E-state index contributed by atoms with van der Waals surface area (Å²) in [6.45, 7) is 4.27. The third kappa shape index (κ3) is 4.73. The van der Waals surface area contributed by atoms with Crippen LogP contribution in [0.15, 0.2) is 58.3 Å². The van der Waals surface area contributed by atoms with Crippen LogP contribution in [0.4, 0.5) is 0 Å². The number of hydrogen-bond acceptors (Lipinski definition) is 6. The smallest absolute Gasteiger partial charge is 0.105 e. The van der Waals surface area contributed by atoms with Crippen molar-refractivity contribution in [1.82, 2.24) is 0 Å². The van der Waals surface area contributed by atoms with Gasteiger partial charge < -0.3 is 0 Å². The van der Waals surface area contributed by atoms with Gasteiger partial charge in [-0.2, -0.15) is 0 Å². The van der Waals surface area contributed by atoms with Crippen LogP contribution in [-0.4, -0.2) is 0 Å². The van der Waals surface area contributed by atoms with E-state index in [9.17, 15) is 0 Å². The van der Waals surface area contributed by atoms with E-state index >= 15 is 0 Å². The van der Waals surface area contributed by atoms with Crippen molar-refractivity contribution < 1.29 is 0 Å². The number of hydrogen-bond donors (Lipinski definition) is 1. The Morgan fingerprint density at radius 2 is 1.36 bits per heavy atom. The molecule has 0 atom stereocenters. The Labute approximate surface area is 158 Å². The second kappa shape index (κ2) is 8.19. The molecule has 22 heavy (non-hydrogen) atoms. The van der Waals surface area contributed by atoms with Crippen LogP contribution in [0.2, 0.25) is 0 Å². The molecule has 2 aromatic rings. The zero-order chi connectivity index (χ0) is 15.6. The summed E-state index contributed by atoms with van der Waals surface area (Å²) in [5.41, 5.74) is 2.58. The molecule has 8 heteroatoms. The first kappa shape index (κ1) is 18.2. The van der Waals surface area contributed by atoms with E-state index < -0.39 is 4.07 Å². The average molecular weight is 438 g/mol. The molecule has 2 aromatic carbocycles. The monoisotopic (exact) mass is 437 g/mol. The van der Waals surface area contributed by atoms with Gasteiger partial charge >= 0.3 is 0 Å². The molecule has 0 aliphatic carbocycles. The fourth-order valence-electron chi connectivity index (χ4n) is 1.70. The second-order valence-electron chi connectivity index (χ2n) is 4.72. The minimum atomic E-state index is -1.15. The Morgan fingerprint density at radius 3 is 1.86 bits per heavy atom. The van der Waals surface area contributed by atoms with Crippen molar-refractivity contribution in [2.45, 2.75) is 23.6 Å².